The fourth-order valence-corrected chi connectivity index (χ4v) is 4.72. The second-order valence-electron chi connectivity index (χ2n) is 9.41. The molecule has 5 heteroatoms. The van der Waals surface area contributed by atoms with Crippen molar-refractivity contribution in [1.82, 2.24) is 0 Å². The monoisotopic (exact) mass is 483 g/mol. The number of fused-ring (bicyclic) bond motifs is 1. The van der Waals surface area contributed by atoms with Crippen LogP contribution in [0.2, 0.25) is 5.02 Å². The lowest BCUT2D eigenvalue weighted by Gasteiger charge is -2.25. The minimum Gasteiger partial charge on any atom is -1.00 e. The second-order valence-corrected chi connectivity index (χ2v) is 9.82. The Bertz CT molecular complexity index is 1180. The highest BCUT2D eigenvalue weighted by Gasteiger charge is 2.36. The number of methoxy groups -OCH3 is 2. The molecule has 3 aromatic carbocycles. The minimum absolute atomic E-state index is 0. The molecule has 0 spiro atoms. The van der Waals surface area contributed by atoms with Crippen LogP contribution >= 0.6 is 11.6 Å². The molecular formula is C28H31Cl2NO2. The van der Waals surface area contributed by atoms with Crippen LogP contribution in [0.5, 0.6) is 11.5 Å². The van der Waals surface area contributed by atoms with E-state index in [2.05, 4.69) is 74.7 Å². The van der Waals surface area contributed by atoms with Gasteiger partial charge in [-0.25, -0.2) is 0 Å². The molecule has 174 valence electrons. The molecule has 1 heterocycles. The van der Waals surface area contributed by atoms with Gasteiger partial charge in [-0.3, -0.25) is 0 Å². The van der Waals surface area contributed by atoms with Gasteiger partial charge in [0.05, 0.1) is 19.8 Å². The summed E-state index contributed by atoms with van der Waals surface area (Å²) in [5, 5.41) is 0.743. The summed E-state index contributed by atoms with van der Waals surface area (Å²) in [5.41, 5.74) is 7.09. The molecule has 0 bridgehead atoms. The molecule has 3 nitrogen and oxygen atoms in total. The van der Waals surface area contributed by atoms with E-state index in [1.807, 2.05) is 18.2 Å². The van der Waals surface area contributed by atoms with Crippen molar-refractivity contribution in [2.45, 2.75) is 45.6 Å². The van der Waals surface area contributed by atoms with Crippen LogP contribution in [0.15, 0.2) is 60.7 Å². The molecule has 0 fully saturated rings. The third-order valence-corrected chi connectivity index (χ3v) is 6.52. The van der Waals surface area contributed by atoms with Crippen molar-refractivity contribution in [3.8, 4) is 11.5 Å². The van der Waals surface area contributed by atoms with E-state index < -0.39 is 0 Å². The Labute approximate surface area is 208 Å². The molecule has 0 saturated carbocycles. The lowest BCUT2D eigenvalue weighted by molar-refractivity contribution is -0.481. The normalized spacial score (nSPS) is 15.5. The predicted octanol–water partition coefficient (Wildman–Crippen LogP) is 3.78. The molecule has 1 atom stereocenters. The van der Waals surface area contributed by atoms with Gasteiger partial charge in [0.1, 0.15) is 5.02 Å². The Balaban J connectivity index is 0.00000306. The maximum absolute atomic E-state index is 6.69. The third-order valence-electron chi connectivity index (χ3n) is 6.20. The minimum atomic E-state index is 0. The van der Waals surface area contributed by atoms with E-state index in [-0.39, 0.29) is 23.9 Å². The fourth-order valence-electron chi connectivity index (χ4n) is 4.50. The molecule has 0 aromatic heterocycles. The number of ether oxygens (including phenoxy) is 2. The number of halogens is 2. The summed E-state index contributed by atoms with van der Waals surface area (Å²) in [5.74, 6) is 1.48. The van der Waals surface area contributed by atoms with Gasteiger partial charge in [0.25, 0.3) is 0 Å². The van der Waals surface area contributed by atoms with Gasteiger partial charge in [0, 0.05) is 18.1 Å². The highest BCUT2D eigenvalue weighted by atomic mass is 35.5. The summed E-state index contributed by atoms with van der Waals surface area (Å²) in [6.45, 7) is 8.95. The smallest absolute Gasteiger partial charge is 0.224 e. The van der Waals surface area contributed by atoms with Gasteiger partial charge in [-0.2, -0.15) is 4.58 Å². The molecule has 0 amide bonds. The molecule has 1 aliphatic heterocycles. The van der Waals surface area contributed by atoms with Gasteiger partial charge in [-0.15, -0.1) is 0 Å². The summed E-state index contributed by atoms with van der Waals surface area (Å²) in [6.07, 6.45) is 0.879. The molecule has 0 N–H and O–H groups in total. The Hall–Kier alpha value is -2.49. The molecule has 1 aliphatic rings. The average Bonchev–Trinajstić information content (AvgIpc) is 2.77. The van der Waals surface area contributed by atoms with Crippen molar-refractivity contribution in [1.29, 1.82) is 0 Å². The van der Waals surface area contributed by atoms with E-state index in [1.165, 1.54) is 11.1 Å². The standard InChI is InChI=1S/C28H31ClNO2.ClH/c1-18-15-20-16-25(31-5)26(32-6)17-22(20)27(30(18)24-10-8-7-9-23(24)29)19-11-13-21(14-12-19)28(2,3)4;/h7-14,16-18H,15H2,1-6H3;1H/q+1;/p-1. The van der Waals surface area contributed by atoms with E-state index in [1.54, 1.807) is 14.2 Å². The van der Waals surface area contributed by atoms with Crippen LogP contribution in [0.4, 0.5) is 5.69 Å². The van der Waals surface area contributed by atoms with Crippen molar-refractivity contribution in [2.75, 3.05) is 14.2 Å². The number of rotatable bonds is 4. The van der Waals surface area contributed by atoms with E-state index >= 15 is 0 Å². The molecule has 4 rings (SSSR count). The first-order chi connectivity index (χ1) is 15.2. The van der Waals surface area contributed by atoms with Crippen LogP contribution in [0.3, 0.4) is 0 Å². The molecule has 0 aliphatic carbocycles. The quantitative estimate of drug-likeness (QED) is 0.526. The molecule has 0 saturated heterocycles. The van der Waals surface area contributed by atoms with Gasteiger partial charge in [0.15, 0.2) is 17.5 Å². The third kappa shape index (κ3) is 4.76. The van der Waals surface area contributed by atoms with E-state index in [9.17, 15) is 0 Å². The number of benzene rings is 3. The second kappa shape index (κ2) is 9.79. The van der Waals surface area contributed by atoms with Gasteiger partial charge < -0.3 is 21.9 Å². The number of hydrogen-bond acceptors (Lipinski definition) is 2. The number of hydrogen-bond donors (Lipinski definition) is 0. The summed E-state index contributed by atoms with van der Waals surface area (Å²) in [6, 6.07) is 21.4. The molecule has 33 heavy (non-hydrogen) atoms. The zero-order valence-corrected chi connectivity index (χ0v) is 21.6. The first-order valence-electron chi connectivity index (χ1n) is 11.0. The van der Waals surface area contributed by atoms with E-state index in [0.717, 1.165) is 45.5 Å². The van der Waals surface area contributed by atoms with Crippen molar-refractivity contribution in [3.63, 3.8) is 0 Å². The summed E-state index contributed by atoms with van der Waals surface area (Å²) in [7, 11) is 3.36. The van der Waals surface area contributed by atoms with Crippen LogP contribution in [-0.4, -0.2) is 30.5 Å². The average molecular weight is 484 g/mol. The van der Waals surface area contributed by atoms with Gasteiger partial charge >= 0.3 is 0 Å². The van der Waals surface area contributed by atoms with Gasteiger partial charge in [0.2, 0.25) is 11.4 Å². The van der Waals surface area contributed by atoms with Gasteiger partial charge in [-0.05, 0) is 53.8 Å². The topological polar surface area (TPSA) is 21.5 Å². The summed E-state index contributed by atoms with van der Waals surface area (Å²) < 4.78 is 13.6. The molecule has 0 radical (unpaired) electrons. The summed E-state index contributed by atoms with van der Waals surface area (Å²) in [4.78, 5) is 0. The van der Waals surface area contributed by atoms with Crippen LogP contribution in [0, 0.1) is 0 Å². The molecule has 3 aromatic rings. The van der Waals surface area contributed by atoms with Crippen LogP contribution < -0.4 is 21.9 Å². The van der Waals surface area contributed by atoms with Crippen molar-refractivity contribution in [2.24, 2.45) is 0 Å². The fraction of sp³-hybridized carbons (Fsp3) is 0.321. The largest absolute Gasteiger partial charge is 1.00 e. The SMILES string of the molecule is COc1cc2c(cc1OC)C(c1ccc(C(C)(C)C)cc1)=[N+](c1ccccc1Cl)C(C)C2.[Cl-]. The first-order valence-corrected chi connectivity index (χ1v) is 11.4. The molecule has 1 unspecified atom stereocenters. The maximum atomic E-state index is 6.69. The highest BCUT2D eigenvalue weighted by molar-refractivity contribution is 6.32. The highest BCUT2D eigenvalue weighted by Crippen LogP contribution is 2.38. The van der Waals surface area contributed by atoms with Crippen LogP contribution in [0.25, 0.3) is 0 Å². The Morgan fingerprint density at radius 2 is 1.52 bits per heavy atom. The molecular weight excluding hydrogens is 453 g/mol. The Kier molecular flexibility index (Phi) is 7.45. The Morgan fingerprint density at radius 1 is 0.909 bits per heavy atom. The lowest BCUT2D eigenvalue weighted by Crippen LogP contribution is -3.00. The predicted molar refractivity (Wildman–Crippen MR) is 132 cm³/mol. The zero-order chi connectivity index (χ0) is 23.0. The van der Waals surface area contributed by atoms with Crippen molar-refractivity contribution < 1.29 is 26.5 Å². The lowest BCUT2D eigenvalue weighted by atomic mass is 9.84. The van der Waals surface area contributed by atoms with E-state index in [0.29, 0.717) is 0 Å². The first kappa shape index (κ1) is 25.1. The maximum Gasteiger partial charge on any atom is 0.224 e. The Morgan fingerprint density at radius 3 is 2.09 bits per heavy atom. The number of nitrogens with zero attached hydrogens (tertiary/aromatic N) is 1. The van der Waals surface area contributed by atoms with E-state index in [4.69, 9.17) is 21.1 Å². The van der Waals surface area contributed by atoms with Crippen LogP contribution in [-0.2, 0) is 11.8 Å². The zero-order valence-electron chi connectivity index (χ0n) is 20.1. The van der Waals surface area contributed by atoms with Crippen LogP contribution in [0.1, 0.15) is 49.9 Å². The van der Waals surface area contributed by atoms with Crippen molar-refractivity contribution >= 4 is 23.0 Å². The van der Waals surface area contributed by atoms with Crippen molar-refractivity contribution in [3.05, 3.63) is 87.9 Å². The van der Waals surface area contributed by atoms with Gasteiger partial charge in [-0.1, -0.05) is 56.6 Å². The number of para-hydroxylation sites is 1. The summed E-state index contributed by atoms with van der Waals surface area (Å²) >= 11 is 6.69.